The minimum Gasteiger partial charge on any atom is -0.494 e. The first-order valence-corrected chi connectivity index (χ1v) is 31.2. The highest BCUT2D eigenvalue weighted by atomic mass is 79.9. The van der Waals surface area contributed by atoms with E-state index in [9.17, 15) is 0 Å². The zero-order valence-electron chi connectivity index (χ0n) is 51.2. The van der Waals surface area contributed by atoms with Crippen LogP contribution in [-0.4, -0.2) is 116 Å². The van der Waals surface area contributed by atoms with Gasteiger partial charge in [-0.3, -0.25) is 14.0 Å². The molecule has 9 aromatic rings. The average molecular weight is 1310 g/mol. The maximum Gasteiger partial charge on any atom is 0.161 e. The van der Waals surface area contributed by atoms with Crippen LogP contribution in [0.2, 0.25) is 5.15 Å². The van der Waals surface area contributed by atoms with Gasteiger partial charge in [-0.05, 0) is 123 Å². The van der Waals surface area contributed by atoms with Crippen molar-refractivity contribution >= 4 is 62.0 Å². The fourth-order valence-corrected chi connectivity index (χ4v) is 11.7. The summed E-state index contributed by atoms with van der Waals surface area (Å²) in [5.74, 6) is 7.60. The Morgan fingerprint density at radius 3 is 1.20 bits per heavy atom. The molecule has 12 rings (SSSR count). The molecule has 20 nitrogen and oxygen atoms in total. The van der Waals surface area contributed by atoms with Gasteiger partial charge in [0.1, 0.15) is 10.9 Å². The Kier molecular flexibility index (Phi) is 22.6. The van der Waals surface area contributed by atoms with Crippen molar-refractivity contribution in [3.05, 3.63) is 146 Å². The van der Waals surface area contributed by atoms with E-state index in [4.69, 9.17) is 70.3 Å². The van der Waals surface area contributed by atoms with Crippen molar-refractivity contribution in [2.24, 2.45) is 21.1 Å². The molecule has 4 heterocycles. The highest BCUT2D eigenvalue weighted by Gasteiger charge is 2.32. The number of aliphatic hydroxyl groups excluding tert-OH is 3. The maximum atomic E-state index is 9.07. The average Bonchev–Trinajstić information content (AvgIpc) is 1.62. The zero-order valence-corrected chi connectivity index (χ0v) is 53.6. The molecule has 22 heteroatoms. The molecule has 0 bridgehead atoms. The number of anilines is 6. The molecule has 3 aliphatic rings. The molecule has 5 aromatic carbocycles. The Balaban J connectivity index is 0.000000159. The minimum atomic E-state index is 0. The van der Waals surface area contributed by atoms with Crippen LogP contribution in [0.1, 0.15) is 87.8 Å². The third kappa shape index (κ3) is 15.0. The number of hydrogen-bond acceptors (Lipinski definition) is 17. The zero-order chi connectivity index (χ0) is 62.6. The van der Waals surface area contributed by atoms with Gasteiger partial charge in [-0.15, -0.1) is 0 Å². The lowest BCUT2D eigenvalue weighted by molar-refractivity contribution is 0.224. The number of pyridine rings is 1. The second kappa shape index (κ2) is 30.8. The molecule has 0 amide bonds. The molecule has 0 fully saturated rings. The van der Waals surface area contributed by atoms with Crippen molar-refractivity contribution in [3.63, 3.8) is 0 Å². The molecule has 476 valence electrons. The highest BCUT2D eigenvalue weighted by molar-refractivity contribution is 9.10. The van der Waals surface area contributed by atoms with E-state index in [1.165, 1.54) is 16.7 Å². The first kappa shape index (κ1) is 66.0. The molecule has 0 saturated carbocycles. The van der Waals surface area contributed by atoms with E-state index < -0.39 is 0 Å². The fraction of sp³-hybridized carbons (Fsp3) is 0.353. The lowest BCUT2D eigenvalue weighted by Crippen LogP contribution is -2.04. The van der Waals surface area contributed by atoms with Crippen LogP contribution in [-0.2, 0) is 40.4 Å². The summed E-state index contributed by atoms with van der Waals surface area (Å²) >= 11 is 9.52. The summed E-state index contributed by atoms with van der Waals surface area (Å²) < 4.78 is 47.4. The number of hydrogen-bond donors (Lipinski definition) is 6. The van der Waals surface area contributed by atoms with Crippen molar-refractivity contribution in [1.29, 1.82) is 0 Å². The van der Waals surface area contributed by atoms with E-state index in [0.717, 1.165) is 132 Å². The van der Waals surface area contributed by atoms with Crippen LogP contribution in [0.3, 0.4) is 0 Å². The minimum absolute atomic E-state index is 0. The van der Waals surface area contributed by atoms with Gasteiger partial charge in [-0.1, -0.05) is 47.1 Å². The molecule has 3 aliphatic carbocycles. The van der Waals surface area contributed by atoms with E-state index in [1.807, 2.05) is 142 Å². The maximum absolute atomic E-state index is 9.07. The van der Waals surface area contributed by atoms with Gasteiger partial charge in [0.2, 0.25) is 0 Å². The van der Waals surface area contributed by atoms with Gasteiger partial charge in [0, 0.05) is 147 Å². The molecule has 0 saturated heterocycles. The molecular weight excluding hydrogens is 1230 g/mol. The van der Waals surface area contributed by atoms with E-state index >= 15 is 0 Å². The van der Waals surface area contributed by atoms with Crippen molar-refractivity contribution in [3.8, 4) is 74.0 Å². The third-order valence-corrected chi connectivity index (χ3v) is 15.6. The molecule has 90 heavy (non-hydrogen) atoms. The number of aliphatic hydroxyl groups is 3. The van der Waals surface area contributed by atoms with Crippen LogP contribution in [0.5, 0.6) is 40.2 Å². The summed E-state index contributed by atoms with van der Waals surface area (Å²) in [7, 11) is 5.85. The Bertz CT molecular complexity index is 3760. The number of aryl methyl sites for hydroxylation is 3. The molecule has 0 radical (unpaired) electrons. The predicted molar refractivity (Wildman–Crippen MR) is 357 cm³/mol. The number of fused-ring (bicyclic) bond motifs is 9. The molecule has 0 aliphatic heterocycles. The van der Waals surface area contributed by atoms with Gasteiger partial charge in [0.25, 0.3) is 0 Å². The number of rotatable bonds is 26. The number of nitrogens with one attached hydrogen (secondary N) is 3. The van der Waals surface area contributed by atoms with E-state index in [0.29, 0.717) is 87.9 Å². The standard InChI is InChI=1S/C24H29N3O4.C22H24BrN3O3.C21H23ClN4O3.CH4/c1-4-29-18-9-6-8-17(14-18)25-24-20-12-16-13-21(30-5-2)22(31-11-7-10-28)15-19(16)23(20)27(3)26-24;1-3-28-19-11-14-10-18-21(17(14)13-20(19)29-9-5-8-27)26(2)25-22(18)24-16-7-4-6-15(23)12-16;1-3-28-17-10-13-9-16-20(15(13)12-18(17)29-8-4-7-27)26(2)25-21(16)24-14-5-6-23-19(22)11-14;/h6,8-9,13-15,28H,4-5,7,10-12H2,1-3H3,(H,25,26);4,6-7,11-13,27H,3,5,8-10H2,1-2H3,(H,24,25);5-6,10-12,27H,3-4,7-9H2,1-2H3,(H,23,24,25);1H4. The van der Waals surface area contributed by atoms with Crippen molar-refractivity contribution in [2.45, 2.75) is 73.6 Å². The first-order chi connectivity index (χ1) is 43.3. The highest BCUT2D eigenvalue weighted by Crippen LogP contribution is 2.49. The molecule has 0 atom stereocenters. The Morgan fingerprint density at radius 1 is 0.467 bits per heavy atom. The number of halogens is 2. The molecule has 0 unspecified atom stereocenters. The monoisotopic (exact) mass is 1310 g/mol. The van der Waals surface area contributed by atoms with Crippen LogP contribution >= 0.6 is 27.5 Å². The van der Waals surface area contributed by atoms with Gasteiger partial charge >= 0.3 is 0 Å². The summed E-state index contributed by atoms with van der Waals surface area (Å²) in [6.45, 7) is 11.8. The molecule has 0 spiro atoms. The van der Waals surface area contributed by atoms with Gasteiger partial charge in [-0.25, -0.2) is 4.98 Å². The van der Waals surface area contributed by atoms with Crippen molar-refractivity contribution < 1.29 is 48.5 Å². The van der Waals surface area contributed by atoms with Crippen LogP contribution in [0, 0.1) is 0 Å². The number of ether oxygens (including phenoxy) is 7. The van der Waals surface area contributed by atoms with Crippen molar-refractivity contribution in [2.75, 3.05) is 82.0 Å². The van der Waals surface area contributed by atoms with Crippen LogP contribution in [0.25, 0.3) is 33.8 Å². The van der Waals surface area contributed by atoms with Crippen LogP contribution in [0.15, 0.2) is 108 Å². The van der Waals surface area contributed by atoms with Gasteiger partial charge < -0.3 is 64.4 Å². The number of nitrogens with zero attached hydrogens (tertiary/aromatic N) is 7. The molecular formula is C68H80BrClN10O10. The molecule has 6 N–H and O–H groups in total. The van der Waals surface area contributed by atoms with E-state index in [-0.39, 0.29) is 27.2 Å². The Morgan fingerprint density at radius 2 is 0.833 bits per heavy atom. The van der Waals surface area contributed by atoms with Gasteiger partial charge in [0.15, 0.2) is 52.0 Å². The van der Waals surface area contributed by atoms with Gasteiger partial charge in [-0.2, -0.15) is 15.3 Å². The quantitative estimate of drug-likeness (QED) is 0.0219. The lowest BCUT2D eigenvalue weighted by Gasteiger charge is -2.14. The smallest absolute Gasteiger partial charge is 0.161 e. The largest absolute Gasteiger partial charge is 0.494 e. The normalized spacial score (nSPS) is 11.7. The predicted octanol–water partition coefficient (Wildman–Crippen LogP) is 13.5. The Hall–Kier alpha value is -8.47. The fourth-order valence-electron chi connectivity index (χ4n) is 11.2. The first-order valence-electron chi connectivity index (χ1n) is 30.0. The van der Waals surface area contributed by atoms with Crippen LogP contribution < -0.4 is 49.1 Å². The molecule has 4 aromatic heterocycles. The topological polar surface area (TPSA) is 228 Å². The summed E-state index contributed by atoms with van der Waals surface area (Å²) in [5, 5.41) is 51.9. The second-order valence-corrected chi connectivity index (χ2v) is 22.4. The third-order valence-electron chi connectivity index (χ3n) is 14.9. The SMILES string of the molecule is C.CCOc1cc2c(cc1OCCCO)-c1c(c(Nc3cccc(Br)c3)nn1C)C2.CCOc1cc2c(cc1OCCCO)-c1c(c(Nc3ccnc(Cl)c3)nn1C)C2.CCOc1cccc(Nc2nn(C)c3c2Cc2cc(OCC)c(OCCCO)cc2-3)c1. The number of aromatic nitrogens is 7. The summed E-state index contributed by atoms with van der Waals surface area (Å²) in [4.78, 5) is 4.02. The van der Waals surface area contributed by atoms with Crippen LogP contribution in [0.4, 0.5) is 34.5 Å². The van der Waals surface area contributed by atoms with E-state index in [1.54, 1.807) is 12.3 Å². The second-order valence-electron chi connectivity index (χ2n) is 21.1. The van der Waals surface area contributed by atoms with Gasteiger partial charge in [0.05, 0.1) is 63.3 Å². The van der Waals surface area contributed by atoms with Crippen molar-refractivity contribution in [1.82, 2.24) is 34.3 Å². The lowest BCUT2D eigenvalue weighted by atomic mass is 10.1. The summed E-state index contributed by atoms with van der Waals surface area (Å²) in [6, 6.07) is 31.8. The summed E-state index contributed by atoms with van der Waals surface area (Å²) in [6.07, 6.45) is 5.69. The Labute approximate surface area is 539 Å². The summed E-state index contributed by atoms with van der Waals surface area (Å²) in [5.41, 5.74) is 16.3. The number of benzene rings is 5. The van der Waals surface area contributed by atoms with E-state index in [2.05, 4.69) is 54.1 Å².